The molecule has 1 heterocycles. The molecule has 102 valence electrons. The molecule has 0 saturated carbocycles. The van der Waals surface area contributed by atoms with Crippen LogP contribution in [0.2, 0.25) is 0 Å². The second-order valence-electron chi connectivity index (χ2n) is 5.67. The fourth-order valence-corrected chi connectivity index (χ4v) is 2.00. The number of nitrogens with two attached hydrogens (primary N) is 1. The molecule has 17 heavy (non-hydrogen) atoms. The van der Waals surface area contributed by atoms with Crippen molar-refractivity contribution in [1.82, 2.24) is 10.2 Å². The van der Waals surface area contributed by atoms with Gasteiger partial charge in [0.15, 0.2) is 0 Å². The van der Waals surface area contributed by atoms with Crippen molar-refractivity contribution in [1.29, 1.82) is 0 Å². The number of nitrogens with zero attached hydrogens (tertiary/aromatic N) is 1. The zero-order valence-electron chi connectivity index (χ0n) is 11.2. The Morgan fingerprint density at radius 2 is 2.18 bits per heavy atom. The Balaban J connectivity index is 0.00000256. The Labute approximate surface area is 111 Å². The second kappa shape index (κ2) is 7.19. The lowest BCUT2D eigenvalue weighted by atomic mass is 9.90. The number of rotatable bonds is 5. The van der Waals surface area contributed by atoms with Gasteiger partial charge in [0.2, 0.25) is 5.91 Å². The lowest BCUT2D eigenvalue weighted by Gasteiger charge is -2.22. The summed E-state index contributed by atoms with van der Waals surface area (Å²) in [4.78, 5) is 13.8. The van der Waals surface area contributed by atoms with Crippen molar-refractivity contribution in [2.24, 2.45) is 17.1 Å². The summed E-state index contributed by atoms with van der Waals surface area (Å²) in [6, 6.07) is 0. The van der Waals surface area contributed by atoms with Crippen LogP contribution in [0.5, 0.6) is 0 Å². The van der Waals surface area contributed by atoms with Crippen LogP contribution in [0.1, 0.15) is 27.2 Å². The monoisotopic (exact) mass is 263 g/mol. The molecule has 3 N–H and O–H groups in total. The molecule has 1 fully saturated rings. The van der Waals surface area contributed by atoms with Crippen molar-refractivity contribution in [2.75, 3.05) is 32.7 Å². The fraction of sp³-hybridized carbons (Fsp3) is 0.917. The maximum absolute atomic E-state index is 11.6. The van der Waals surface area contributed by atoms with Gasteiger partial charge in [-0.3, -0.25) is 9.69 Å². The van der Waals surface area contributed by atoms with Crippen LogP contribution >= 0.6 is 12.4 Å². The number of carbonyl (C=O) groups is 1. The summed E-state index contributed by atoms with van der Waals surface area (Å²) < 4.78 is 0. The summed E-state index contributed by atoms with van der Waals surface area (Å²) in [7, 11) is 0. The average molecular weight is 264 g/mol. The van der Waals surface area contributed by atoms with Gasteiger partial charge < -0.3 is 11.1 Å². The van der Waals surface area contributed by atoms with Crippen LogP contribution in [0.4, 0.5) is 0 Å². The molecular formula is C12H26ClN3O. The minimum absolute atomic E-state index is 0. The highest BCUT2D eigenvalue weighted by molar-refractivity contribution is 5.85. The fourth-order valence-electron chi connectivity index (χ4n) is 2.00. The van der Waals surface area contributed by atoms with Gasteiger partial charge in [0, 0.05) is 13.1 Å². The number of carbonyl (C=O) groups excluding carboxylic acids is 1. The molecule has 5 heteroatoms. The molecule has 0 bridgehead atoms. The first-order chi connectivity index (χ1) is 7.45. The van der Waals surface area contributed by atoms with Crippen molar-refractivity contribution in [3.05, 3.63) is 0 Å². The van der Waals surface area contributed by atoms with Gasteiger partial charge >= 0.3 is 0 Å². The van der Waals surface area contributed by atoms with E-state index in [-0.39, 0.29) is 23.7 Å². The summed E-state index contributed by atoms with van der Waals surface area (Å²) in [5.74, 6) is 0.645. The van der Waals surface area contributed by atoms with Gasteiger partial charge in [-0.1, -0.05) is 20.8 Å². The predicted molar refractivity (Wildman–Crippen MR) is 73.3 cm³/mol. The molecule has 0 aliphatic carbocycles. The molecule has 0 aromatic heterocycles. The van der Waals surface area contributed by atoms with Gasteiger partial charge in [-0.2, -0.15) is 0 Å². The molecule has 0 aromatic rings. The molecule has 4 nitrogen and oxygen atoms in total. The zero-order chi connectivity index (χ0) is 12.2. The summed E-state index contributed by atoms with van der Waals surface area (Å²) in [6.45, 7) is 10.3. The van der Waals surface area contributed by atoms with E-state index in [0.29, 0.717) is 19.0 Å². The van der Waals surface area contributed by atoms with E-state index < -0.39 is 0 Å². The van der Waals surface area contributed by atoms with E-state index in [0.717, 1.165) is 26.1 Å². The van der Waals surface area contributed by atoms with Crippen molar-refractivity contribution in [3.63, 3.8) is 0 Å². The third-order valence-corrected chi connectivity index (χ3v) is 3.20. The first kappa shape index (κ1) is 16.7. The lowest BCUT2D eigenvalue weighted by Crippen LogP contribution is -2.39. The van der Waals surface area contributed by atoms with Crippen molar-refractivity contribution in [2.45, 2.75) is 27.2 Å². The van der Waals surface area contributed by atoms with Crippen molar-refractivity contribution in [3.8, 4) is 0 Å². The molecule has 0 spiro atoms. The number of halogens is 1. The largest absolute Gasteiger partial charge is 0.355 e. The van der Waals surface area contributed by atoms with Crippen LogP contribution in [0, 0.1) is 11.3 Å². The van der Waals surface area contributed by atoms with Crippen LogP contribution < -0.4 is 11.1 Å². The number of hydrogen-bond donors (Lipinski definition) is 2. The van der Waals surface area contributed by atoms with Crippen LogP contribution in [0.3, 0.4) is 0 Å². The maximum Gasteiger partial charge on any atom is 0.234 e. The third-order valence-electron chi connectivity index (χ3n) is 3.20. The normalized spacial score (nSPS) is 24.8. The quantitative estimate of drug-likeness (QED) is 0.773. The number of hydrogen-bond acceptors (Lipinski definition) is 3. The van der Waals surface area contributed by atoms with Gasteiger partial charge in [-0.05, 0) is 30.8 Å². The van der Waals surface area contributed by atoms with Gasteiger partial charge in [0.1, 0.15) is 0 Å². The Kier molecular flexibility index (Phi) is 7.05. The van der Waals surface area contributed by atoms with Crippen molar-refractivity contribution >= 4 is 18.3 Å². The maximum atomic E-state index is 11.6. The molecule has 1 rings (SSSR count). The van der Waals surface area contributed by atoms with Gasteiger partial charge in [-0.15, -0.1) is 12.4 Å². The summed E-state index contributed by atoms with van der Waals surface area (Å²) in [5, 5.41) is 2.94. The topological polar surface area (TPSA) is 58.4 Å². The molecule has 1 aliphatic heterocycles. The van der Waals surface area contributed by atoms with Gasteiger partial charge in [-0.25, -0.2) is 0 Å². The summed E-state index contributed by atoms with van der Waals surface area (Å²) >= 11 is 0. The van der Waals surface area contributed by atoms with Crippen LogP contribution in [-0.2, 0) is 4.79 Å². The van der Waals surface area contributed by atoms with E-state index in [1.54, 1.807) is 0 Å². The highest BCUT2D eigenvalue weighted by Crippen LogP contribution is 2.27. The average Bonchev–Trinajstić information content (AvgIpc) is 2.58. The molecule has 1 amide bonds. The molecule has 1 saturated heterocycles. The van der Waals surface area contributed by atoms with Gasteiger partial charge in [0.05, 0.1) is 6.54 Å². The highest BCUT2D eigenvalue weighted by atomic mass is 35.5. The van der Waals surface area contributed by atoms with Gasteiger partial charge in [0.25, 0.3) is 0 Å². The molecule has 1 atom stereocenters. The lowest BCUT2D eigenvalue weighted by molar-refractivity contribution is -0.122. The number of likely N-dealkylation sites (tertiary alicyclic amines) is 1. The minimum atomic E-state index is 0. The van der Waals surface area contributed by atoms with Crippen LogP contribution in [0.15, 0.2) is 0 Å². The van der Waals surface area contributed by atoms with E-state index >= 15 is 0 Å². The Morgan fingerprint density at radius 1 is 1.53 bits per heavy atom. The van der Waals surface area contributed by atoms with E-state index in [9.17, 15) is 4.79 Å². The molecule has 0 radical (unpaired) electrons. The SMILES string of the molecule is CC(C)CNC(=O)CN1CCC(C)(CN)C1.Cl. The number of amides is 1. The van der Waals surface area contributed by atoms with Crippen molar-refractivity contribution < 1.29 is 4.79 Å². The molecule has 0 aromatic carbocycles. The van der Waals surface area contributed by atoms with E-state index in [1.807, 2.05) is 0 Å². The number of nitrogens with one attached hydrogen (secondary N) is 1. The summed E-state index contributed by atoms with van der Waals surface area (Å²) in [5.41, 5.74) is 5.94. The minimum Gasteiger partial charge on any atom is -0.355 e. The smallest absolute Gasteiger partial charge is 0.234 e. The van der Waals surface area contributed by atoms with E-state index in [2.05, 4.69) is 31.0 Å². The first-order valence-electron chi connectivity index (χ1n) is 6.14. The molecule has 1 unspecified atom stereocenters. The van der Waals surface area contributed by atoms with E-state index in [1.165, 1.54) is 0 Å². The standard InChI is InChI=1S/C12H25N3O.ClH/c1-10(2)6-14-11(16)7-15-5-4-12(3,8-13)9-15;/h10H,4-9,13H2,1-3H3,(H,14,16);1H. The first-order valence-corrected chi connectivity index (χ1v) is 6.14. The highest BCUT2D eigenvalue weighted by Gasteiger charge is 2.32. The summed E-state index contributed by atoms with van der Waals surface area (Å²) in [6.07, 6.45) is 1.10. The molecule has 1 aliphatic rings. The van der Waals surface area contributed by atoms with E-state index in [4.69, 9.17) is 5.73 Å². The molecular weight excluding hydrogens is 238 g/mol. The zero-order valence-corrected chi connectivity index (χ0v) is 12.0. The Hall–Kier alpha value is -0.320. The van der Waals surface area contributed by atoms with Crippen LogP contribution in [-0.4, -0.2) is 43.5 Å². The predicted octanol–water partition coefficient (Wildman–Crippen LogP) is 0.851. The Bertz CT molecular complexity index is 248. The third kappa shape index (κ3) is 5.70. The second-order valence-corrected chi connectivity index (χ2v) is 5.67. The Morgan fingerprint density at radius 3 is 2.65 bits per heavy atom. The van der Waals surface area contributed by atoms with Crippen LogP contribution in [0.25, 0.3) is 0 Å².